The fourth-order valence-electron chi connectivity index (χ4n) is 2.73. The Morgan fingerprint density at radius 2 is 2.50 bits per heavy atom. The molecule has 0 saturated carbocycles. The van der Waals surface area contributed by atoms with Crippen LogP contribution in [0.4, 0.5) is 0 Å². The van der Waals surface area contributed by atoms with E-state index in [9.17, 15) is 4.79 Å². The van der Waals surface area contributed by atoms with Crippen LogP contribution in [0.3, 0.4) is 0 Å². The van der Waals surface area contributed by atoms with Gasteiger partial charge in [0.2, 0.25) is 5.91 Å². The van der Waals surface area contributed by atoms with Crippen LogP contribution in [0, 0.1) is 0 Å². The minimum absolute atomic E-state index is 0.0644. The van der Waals surface area contributed by atoms with Crippen LogP contribution in [-0.2, 0) is 18.4 Å². The third-order valence-electron chi connectivity index (χ3n) is 3.90. The Labute approximate surface area is 134 Å². The summed E-state index contributed by atoms with van der Waals surface area (Å²) in [6.07, 6.45) is 3.75. The lowest BCUT2D eigenvalue weighted by Crippen LogP contribution is -2.50. The normalized spacial score (nSPS) is 19.2. The molecule has 1 atom stereocenters. The maximum absolute atomic E-state index is 12.2. The van der Waals surface area contributed by atoms with E-state index in [1.807, 2.05) is 35.3 Å². The molecule has 1 aliphatic heterocycles. The van der Waals surface area contributed by atoms with Crippen molar-refractivity contribution in [1.29, 1.82) is 0 Å². The number of aromatic nitrogens is 2. The van der Waals surface area contributed by atoms with Gasteiger partial charge in [0.05, 0.1) is 19.1 Å². The highest BCUT2D eigenvalue weighted by atomic mass is 32.1. The highest BCUT2D eigenvalue weighted by molar-refractivity contribution is 7.09. The van der Waals surface area contributed by atoms with Gasteiger partial charge in [0.1, 0.15) is 5.82 Å². The van der Waals surface area contributed by atoms with Crippen LogP contribution >= 0.6 is 11.3 Å². The number of amides is 1. The Morgan fingerprint density at radius 1 is 1.59 bits per heavy atom. The van der Waals surface area contributed by atoms with E-state index in [0.29, 0.717) is 13.1 Å². The maximum Gasteiger partial charge on any atom is 0.234 e. The molecule has 22 heavy (non-hydrogen) atoms. The van der Waals surface area contributed by atoms with Crippen LogP contribution < -0.4 is 10.6 Å². The van der Waals surface area contributed by atoms with Crippen LogP contribution in [0.5, 0.6) is 0 Å². The predicted octanol–water partition coefficient (Wildman–Crippen LogP) is 0.744. The first kappa shape index (κ1) is 15.2. The summed E-state index contributed by atoms with van der Waals surface area (Å²) >= 11 is 1.66. The molecule has 0 radical (unpaired) electrons. The SMILES string of the molecule is Cn1ccnc1C1CNCCN1CC(=O)NCc1cccs1. The van der Waals surface area contributed by atoms with E-state index in [2.05, 4.69) is 20.5 Å². The highest BCUT2D eigenvalue weighted by Gasteiger charge is 2.28. The molecule has 0 spiro atoms. The molecule has 1 fully saturated rings. The van der Waals surface area contributed by atoms with E-state index in [1.165, 1.54) is 4.88 Å². The summed E-state index contributed by atoms with van der Waals surface area (Å²) < 4.78 is 2.02. The van der Waals surface area contributed by atoms with Crippen molar-refractivity contribution in [3.05, 3.63) is 40.6 Å². The Bertz CT molecular complexity index is 609. The second-order valence-corrected chi connectivity index (χ2v) is 6.48. The molecule has 1 aliphatic rings. The third-order valence-corrected chi connectivity index (χ3v) is 4.77. The molecule has 2 N–H and O–H groups in total. The van der Waals surface area contributed by atoms with Crippen molar-refractivity contribution in [2.45, 2.75) is 12.6 Å². The van der Waals surface area contributed by atoms with Crippen LogP contribution in [0.15, 0.2) is 29.9 Å². The molecule has 118 valence electrons. The standard InChI is InChI=1S/C15H21N5OS/c1-19-6-5-17-15(19)13-10-16-4-7-20(13)11-14(21)18-9-12-3-2-8-22-12/h2-3,5-6,8,13,16H,4,7,9-11H2,1H3,(H,18,21). The van der Waals surface area contributed by atoms with Crippen LogP contribution in [-0.4, -0.2) is 46.5 Å². The van der Waals surface area contributed by atoms with Gasteiger partial charge in [-0.1, -0.05) is 6.07 Å². The number of rotatable bonds is 5. The molecule has 2 aromatic rings. The molecule has 2 aromatic heterocycles. The van der Waals surface area contributed by atoms with E-state index in [1.54, 1.807) is 17.5 Å². The summed E-state index contributed by atoms with van der Waals surface area (Å²) in [5.74, 6) is 1.06. The van der Waals surface area contributed by atoms with Gasteiger partial charge in [0, 0.05) is 44.0 Å². The number of hydrogen-bond acceptors (Lipinski definition) is 5. The van der Waals surface area contributed by atoms with Gasteiger partial charge >= 0.3 is 0 Å². The van der Waals surface area contributed by atoms with Gasteiger partial charge in [-0.2, -0.15) is 0 Å². The highest BCUT2D eigenvalue weighted by Crippen LogP contribution is 2.19. The van der Waals surface area contributed by atoms with Gasteiger partial charge in [-0.3, -0.25) is 9.69 Å². The number of aryl methyl sites for hydroxylation is 1. The van der Waals surface area contributed by atoms with Crippen molar-refractivity contribution in [1.82, 2.24) is 25.1 Å². The summed E-state index contributed by atoms with van der Waals surface area (Å²) in [7, 11) is 1.99. The van der Waals surface area contributed by atoms with E-state index >= 15 is 0 Å². The number of hydrogen-bond donors (Lipinski definition) is 2. The first-order chi connectivity index (χ1) is 10.7. The summed E-state index contributed by atoms with van der Waals surface area (Å²) in [6.45, 7) is 3.59. The first-order valence-corrected chi connectivity index (χ1v) is 8.33. The van der Waals surface area contributed by atoms with Crippen molar-refractivity contribution < 1.29 is 4.79 Å². The number of imidazole rings is 1. The second-order valence-electron chi connectivity index (χ2n) is 5.44. The fraction of sp³-hybridized carbons (Fsp3) is 0.467. The zero-order valence-corrected chi connectivity index (χ0v) is 13.5. The van der Waals surface area contributed by atoms with Gasteiger partial charge in [-0.25, -0.2) is 4.98 Å². The monoisotopic (exact) mass is 319 g/mol. The average Bonchev–Trinajstić information content (AvgIpc) is 3.17. The summed E-state index contributed by atoms with van der Waals surface area (Å²) in [5.41, 5.74) is 0. The predicted molar refractivity (Wildman–Crippen MR) is 86.6 cm³/mol. The van der Waals surface area contributed by atoms with E-state index in [0.717, 1.165) is 25.5 Å². The zero-order valence-electron chi connectivity index (χ0n) is 12.7. The smallest absolute Gasteiger partial charge is 0.234 e. The number of piperazine rings is 1. The molecular formula is C15H21N5OS. The molecule has 3 rings (SSSR count). The van der Waals surface area contributed by atoms with E-state index in [-0.39, 0.29) is 11.9 Å². The molecule has 1 unspecified atom stereocenters. The Kier molecular flexibility index (Phi) is 4.87. The molecule has 0 aliphatic carbocycles. The summed E-state index contributed by atoms with van der Waals surface area (Å²) in [5, 5.41) is 8.40. The molecule has 0 aromatic carbocycles. The number of carbonyl (C=O) groups excluding carboxylic acids is 1. The summed E-state index contributed by atoms with van der Waals surface area (Å²) in [6, 6.07) is 4.17. The number of nitrogens with one attached hydrogen (secondary N) is 2. The van der Waals surface area contributed by atoms with Crippen molar-refractivity contribution >= 4 is 17.2 Å². The number of nitrogens with zero attached hydrogens (tertiary/aromatic N) is 3. The fourth-order valence-corrected chi connectivity index (χ4v) is 3.37. The molecular weight excluding hydrogens is 298 g/mol. The first-order valence-electron chi connectivity index (χ1n) is 7.45. The Morgan fingerprint density at radius 3 is 3.23 bits per heavy atom. The van der Waals surface area contributed by atoms with Gasteiger partial charge < -0.3 is 15.2 Å². The quantitative estimate of drug-likeness (QED) is 0.853. The van der Waals surface area contributed by atoms with Gasteiger partial charge in [0.25, 0.3) is 0 Å². The lowest BCUT2D eigenvalue weighted by Gasteiger charge is -2.35. The molecule has 6 nitrogen and oxygen atoms in total. The van der Waals surface area contributed by atoms with Crippen molar-refractivity contribution in [2.24, 2.45) is 7.05 Å². The van der Waals surface area contributed by atoms with Crippen molar-refractivity contribution in [3.8, 4) is 0 Å². The number of carbonyl (C=O) groups is 1. The third kappa shape index (κ3) is 3.55. The lowest BCUT2D eigenvalue weighted by molar-refractivity contribution is -0.123. The minimum Gasteiger partial charge on any atom is -0.350 e. The topological polar surface area (TPSA) is 62.2 Å². The number of thiophene rings is 1. The van der Waals surface area contributed by atoms with Crippen LogP contribution in [0.25, 0.3) is 0 Å². The second kappa shape index (κ2) is 7.04. The molecule has 3 heterocycles. The lowest BCUT2D eigenvalue weighted by atomic mass is 10.1. The van der Waals surface area contributed by atoms with Crippen LogP contribution in [0.2, 0.25) is 0 Å². The Hall–Kier alpha value is -1.70. The van der Waals surface area contributed by atoms with Gasteiger partial charge in [-0.15, -0.1) is 11.3 Å². The molecule has 1 amide bonds. The van der Waals surface area contributed by atoms with E-state index < -0.39 is 0 Å². The molecule has 1 saturated heterocycles. The van der Waals surface area contributed by atoms with Gasteiger partial charge in [0.15, 0.2) is 0 Å². The van der Waals surface area contributed by atoms with Gasteiger partial charge in [-0.05, 0) is 11.4 Å². The largest absolute Gasteiger partial charge is 0.350 e. The van der Waals surface area contributed by atoms with Crippen LogP contribution in [0.1, 0.15) is 16.7 Å². The minimum atomic E-state index is 0.0644. The Balaban J connectivity index is 1.59. The molecule has 0 bridgehead atoms. The maximum atomic E-state index is 12.2. The average molecular weight is 319 g/mol. The molecule has 7 heteroatoms. The van der Waals surface area contributed by atoms with E-state index in [4.69, 9.17) is 0 Å². The van der Waals surface area contributed by atoms with Crippen molar-refractivity contribution in [3.63, 3.8) is 0 Å². The summed E-state index contributed by atoms with van der Waals surface area (Å²) in [4.78, 5) is 20.0. The van der Waals surface area contributed by atoms with Crippen molar-refractivity contribution in [2.75, 3.05) is 26.2 Å². The zero-order chi connectivity index (χ0) is 15.4.